The van der Waals surface area contributed by atoms with Crippen molar-refractivity contribution in [3.05, 3.63) is 29.6 Å². The van der Waals surface area contributed by atoms with Crippen LogP contribution in [0.15, 0.2) is 18.2 Å². The predicted molar refractivity (Wildman–Crippen MR) is 122 cm³/mol. The molecule has 33 heavy (non-hydrogen) atoms. The van der Waals surface area contributed by atoms with Gasteiger partial charge in [0.1, 0.15) is 5.82 Å². The highest BCUT2D eigenvalue weighted by atomic mass is 19.3. The van der Waals surface area contributed by atoms with Gasteiger partial charge < -0.3 is 14.6 Å². The molecule has 1 aliphatic carbocycles. The minimum Gasteiger partial charge on any atom is -0.481 e. The summed E-state index contributed by atoms with van der Waals surface area (Å²) in [4.78, 5) is 30.8. The van der Waals surface area contributed by atoms with Crippen LogP contribution >= 0.6 is 0 Å². The van der Waals surface area contributed by atoms with Crippen LogP contribution in [0.3, 0.4) is 0 Å². The first-order valence-electron chi connectivity index (χ1n) is 11.9. The van der Waals surface area contributed by atoms with E-state index < -0.39 is 11.9 Å². The fourth-order valence-electron chi connectivity index (χ4n) is 5.07. The Morgan fingerprint density at radius 1 is 1.12 bits per heavy atom. The summed E-state index contributed by atoms with van der Waals surface area (Å²) in [6, 6.07) is 5.52. The summed E-state index contributed by atoms with van der Waals surface area (Å²) in [6.45, 7) is 7.76. The molecular formula is C25H33F2N3O3. The van der Waals surface area contributed by atoms with E-state index >= 15 is 0 Å². The van der Waals surface area contributed by atoms with E-state index in [0.29, 0.717) is 50.9 Å². The highest BCUT2D eigenvalue weighted by molar-refractivity contribution is 5.97. The quantitative estimate of drug-likeness (QED) is 0.688. The summed E-state index contributed by atoms with van der Waals surface area (Å²) >= 11 is 0. The minimum atomic E-state index is -2.55. The second kappa shape index (κ2) is 8.69. The topological polar surface area (TPSA) is 75.4 Å². The van der Waals surface area contributed by atoms with Crippen molar-refractivity contribution in [3.63, 3.8) is 0 Å². The minimum absolute atomic E-state index is 0.0631. The molecule has 1 aromatic heterocycles. The molecule has 0 radical (unpaired) electrons. The molecule has 2 aromatic rings. The average Bonchev–Trinajstić information content (AvgIpc) is 3.13. The molecule has 6 nitrogen and oxygen atoms in total. The van der Waals surface area contributed by atoms with Crippen LogP contribution in [0.1, 0.15) is 75.5 Å². The molecule has 0 spiro atoms. The summed E-state index contributed by atoms with van der Waals surface area (Å²) in [6.07, 6.45) is 1.80. The Bertz CT molecular complexity index is 1040. The molecule has 1 N–H and O–H groups in total. The molecular weight excluding hydrogens is 428 g/mol. The van der Waals surface area contributed by atoms with E-state index in [2.05, 4.69) is 25.3 Å². The molecule has 1 saturated heterocycles. The number of hydrogen-bond acceptors (Lipinski definition) is 3. The molecule has 1 aromatic carbocycles. The maximum atomic E-state index is 13.6. The van der Waals surface area contributed by atoms with E-state index in [1.165, 1.54) is 0 Å². The van der Waals surface area contributed by atoms with Crippen LogP contribution < -0.4 is 0 Å². The third kappa shape index (κ3) is 5.04. The monoisotopic (exact) mass is 461 g/mol. The van der Waals surface area contributed by atoms with E-state index in [4.69, 9.17) is 4.98 Å². The number of rotatable bonds is 4. The van der Waals surface area contributed by atoms with E-state index in [1.807, 2.05) is 12.1 Å². The number of aromatic nitrogens is 2. The van der Waals surface area contributed by atoms with Gasteiger partial charge in [-0.3, -0.25) is 9.59 Å². The van der Waals surface area contributed by atoms with Gasteiger partial charge in [0.15, 0.2) is 0 Å². The van der Waals surface area contributed by atoms with E-state index in [9.17, 15) is 23.5 Å². The van der Waals surface area contributed by atoms with Crippen LogP contribution in [0.4, 0.5) is 8.78 Å². The fourth-order valence-corrected chi connectivity index (χ4v) is 5.07. The smallest absolute Gasteiger partial charge is 0.306 e. The molecule has 2 aliphatic rings. The van der Waals surface area contributed by atoms with Crippen molar-refractivity contribution < 1.29 is 23.5 Å². The summed E-state index contributed by atoms with van der Waals surface area (Å²) in [5.41, 5.74) is 1.95. The number of amides is 1. The van der Waals surface area contributed by atoms with Crippen LogP contribution in [0, 0.1) is 11.8 Å². The van der Waals surface area contributed by atoms with Gasteiger partial charge in [-0.1, -0.05) is 20.8 Å². The molecule has 0 unspecified atom stereocenters. The number of alkyl halides is 2. The zero-order valence-corrected chi connectivity index (χ0v) is 19.6. The Hall–Kier alpha value is -2.51. The van der Waals surface area contributed by atoms with Crippen molar-refractivity contribution in [2.45, 2.75) is 77.2 Å². The summed E-state index contributed by atoms with van der Waals surface area (Å²) in [5, 5.41) is 9.18. The molecule has 1 amide bonds. The Morgan fingerprint density at radius 2 is 1.76 bits per heavy atom. The Balaban J connectivity index is 1.58. The second-order valence-electron chi connectivity index (χ2n) is 10.7. The lowest BCUT2D eigenvalue weighted by molar-refractivity contribution is -0.143. The van der Waals surface area contributed by atoms with E-state index in [-0.39, 0.29) is 36.0 Å². The van der Waals surface area contributed by atoms with Gasteiger partial charge >= 0.3 is 5.97 Å². The zero-order valence-electron chi connectivity index (χ0n) is 19.6. The molecule has 180 valence electrons. The average molecular weight is 462 g/mol. The van der Waals surface area contributed by atoms with Crippen LogP contribution in [0.5, 0.6) is 0 Å². The van der Waals surface area contributed by atoms with Crippen LogP contribution in [0.2, 0.25) is 0 Å². The molecule has 2 fully saturated rings. The predicted octanol–water partition coefficient (Wildman–Crippen LogP) is 5.10. The first kappa shape index (κ1) is 23.6. The van der Waals surface area contributed by atoms with Crippen molar-refractivity contribution in [1.29, 1.82) is 0 Å². The second-order valence-corrected chi connectivity index (χ2v) is 10.7. The van der Waals surface area contributed by atoms with Crippen molar-refractivity contribution in [3.8, 4) is 0 Å². The van der Waals surface area contributed by atoms with Gasteiger partial charge in [-0.2, -0.15) is 0 Å². The lowest BCUT2D eigenvalue weighted by Gasteiger charge is -2.30. The lowest BCUT2D eigenvalue weighted by atomic mass is 9.86. The number of piperidine rings is 1. The normalized spacial score (nSPS) is 20.3. The Morgan fingerprint density at radius 3 is 2.33 bits per heavy atom. The molecule has 4 rings (SSSR count). The third-order valence-electron chi connectivity index (χ3n) is 7.07. The number of nitrogens with zero attached hydrogens (tertiary/aromatic N) is 3. The number of halogens is 2. The lowest BCUT2D eigenvalue weighted by Crippen LogP contribution is -2.40. The van der Waals surface area contributed by atoms with E-state index in [0.717, 1.165) is 16.9 Å². The number of imidazole rings is 1. The maximum absolute atomic E-state index is 13.6. The van der Waals surface area contributed by atoms with Crippen molar-refractivity contribution in [1.82, 2.24) is 14.5 Å². The largest absolute Gasteiger partial charge is 0.481 e. The molecule has 8 heteroatoms. The molecule has 1 saturated carbocycles. The van der Waals surface area contributed by atoms with Gasteiger partial charge in [0.05, 0.1) is 17.0 Å². The van der Waals surface area contributed by atoms with Gasteiger partial charge in [-0.05, 0) is 49.8 Å². The number of fused-ring (bicyclic) bond motifs is 1. The number of carboxylic acids is 1. The summed E-state index contributed by atoms with van der Waals surface area (Å²) in [5.74, 6) is -2.77. The van der Waals surface area contributed by atoms with E-state index in [1.54, 1.807) is 11.0 Å². The Labute approximate surface area is 193 Å². The number of aliphatic carboxylic acids is 1. The van der Waals surface area contributed by atoms with Gasteiger partial charge in [0.25, 0.3) is 5.91 Å². The van der Waals surface area contributed by atoms with Gasteiger partial charge in [0, 0.05) is 43.5 Å². The SMILES string of the molecule is CC(C)(C)c1nc2cc(C(=O)N3CCC(C(=O)O)CC3)ccc2n1CC1CCC(F)(F)CC1. The van der Waals surface area contributed by atoms with Gasteiger partial charge in [0.2, 0.25) is 5.92 Å². The first-order valence-corrected chi connectivity index (χ1v) is 11.9. The third-order valence-corrected chi connectivity index (χ3v) is 7.07. The first-order chi connectivity index (χ1) is 15.4. The number of benzene rings is 1. The number of likely N-dealkylation sites (tertiary alicyclic amines) is 1. The van der Waals surface area contributed by atoms with Gasteiger partial charge in [-0.25, -0.2) is 13.8 Å². The molecule has 0 bridgehead atoms. The van der Waals surface area contributed by atoms with Crippen molar-refractivity contribution in [2.24, 2.45) is 11.8 Å². The number of hydrogen-bond donors (Lipinski definition) is 1. The zero-order chi connectivity index (χ0) is 24.0. The maximum Gasteiger partial charge on any atom is 0.306 e. The number of carboxylic acid groups (broad SMARTS) is 1. The molecule has 1 aliphatic heterocycles. The van der Waals surface area contributed by atoms with Crippen molar-refractivity contribution in [2.75, 3.05) is 13.1 Å². The molecule has 2 heterocycles. The standard InChI is InChI=1S/C25H33F2N3O3/c1-24(2,3)23-28-19-14-18(21(31)29-12-8-17(9-13-29)22(32)33)4-5-20(19)30(23)15-16-6-10-25(26,27)11-7-16/h4-5,14,16-17H,6-13,15H2,1-3H3,(H,32,33). The number of carbonyl (C=O) groups excluding carboxylic acids is 1. The summed E-state index contributed by atoms with van der Waals surface area (Å²) in [7, 11) is 0. The van der Waals surface area contributed by atoms with Crippen LogP contribution in [-0.2, 0) is 16.8 Å². The molecule has 0 atom stereocenters. The summed E-state index contributed by atoms with van der Waals surface area (Å²) < 4.78 is 29.4. The highest BCUT2D eigenvalue weighted by Gasteiger charge is 2.36. The van der Waals surface area contributed by atoms with Crippen LogP contribution in [-0.4, -0.2) is 50.4 Å². The van der Waals surface area contributed by atoms with Gasteiger partial charge in [-0.15, -0.1) is 0 Å². The van der Waals surface area contributed by atoms with Crippen LogP contribution in [0.25, 0.3) is 11.0 Å². The highest BCUT2D eigenvalue weighted by Crippen LogP contribution is 2.38. The Kier molecular flexibility index (Phi) is 6.22. The fraction of sp³-hybridized carbons (Fsp3) is 0.640. The van der Waals surface area contributed by atoms with Crippen molar-refractivity contribution >= 4 is 22.9 Å². The number of carbonyl (C=O) groups is 2.